The summed E-state index contributed by atoms with van der Waals surface area (Å²) in [5.41, 5.74) is 6.58. The molecule has 1 saturated carbocycles. The summed E-state index contributed by atoms with van der Waals surface area (Å²) < 4.78 is 0. The highest BCUT2D eigenvalue weighted by Gasteiger charge is 2.44. The monoisotopic (exact) mass is 286 g/mol. The number of nitrogens with one attached hydrogen (secondary N) is 1. The van der Waals surface area contributed by atoms with Gasteiger partial charge < -0.3 is 11.1 Å². The van der Waals surface area contributed by atoms with Gasteiger partial charge in [0.1, 0.15) is 0 Å². The highest BCUT2D eigenvalue weighted by atomic mass is 35.5. The number of amides is 1. The third-order valence-corrected chi connectivity index (χ3v) is 4.13. The summed E-state index contributed by atoms with van der Waals surface area (Å²) in [6.45, 7) is 3.61. The van der Waals surface area contributed by atoms with E-state index in [1.165, 1.54) is 0 Å². The smallest absolute Gasteiger partial charge is 0.244 e. The van der Waals surface area contributed by atoms with Gasteiger partial charge in [0.05, 0.1) is 16.2 Å². The van der Waals surface area contributed by atoms with Gasteiger partial charge >= 0.3 is 0 Å². The molecular weight excluding hydrogens is 271 g/mol. The van der Waals surface area contributed by atoms with Crippen molar-refractivity contribution < 1.29 is 4.79 Å². The van der Waals surface area contributed by atoms with Crippen molar-refractivity contribution in [2.75, 3.05) is 5.32 Å². The average molecular weight is 287 g/mol. The van der Waals surface area contributed by atoms with Gasteiger partial charge in [0.25, 0.3) is 0 Å². The van der Waals surface area contributed by atoms with Crippen LogP contribution >= 0.6 is 23.2 Å². The molecule has 1 aromatic rings. The molecule has 18 heavy (non-hydrogen) atoms. The van der Waals surface area contributed by atoms with E-state index in [-0.39, 0.29) is 11.8 Å². The van der Waals surface area contributed by atoms with Gasteiger partial charge in [-0.15, -0.1) is 0 Å². The number of benzene rings is 1. The average Bonchev–Trinajstić information content (AvgIpc) is 3.09. The highest BCUT2D eigenvalue weighted by Crippen LogP contribution is 2.39. The largest absolute Gasteiger partial charge is 0.323 e. The van der Waals surface area contributed by atoms with E-state index < -0.39 is 5.54 Å². The van der Waals surface area contributed by atoms with E-state index in [0.29, 0.717) is 15.7 Å². The van der Waals surface area contributed by atoms with Gasteiger partial charge in [-0.2, -0.15) is 0 Å². The molecule has 0 aliphatic heterocycles. The van der Waals surface area contributed by atoms with Crippen molar-refractivity contribution in [2.24, 2.45) is 11.7 Å². The van der Waals surface area contributed by atoms with Crippen molar-refractivity contribution in [1.82, 2.24) is 0 Å². The first-order chi connectivity index (χ1) is 8.32. The Labute approximate surface area is 117 Å². The minimum absolute atomic E-state index is 0.216. The second-order valence-electron chi connectivity index (χ2n) is 5.09. The summed E-state index contributed by atoms with van der Waals surface area (Å²) in [5, 5.41) is 3.80. The number of carbonyl (C=O) groups is 1. The van der Waals surface area contributed by atoms with Crippen LogP contribution in [0.3, 0.4) is 0 Å². The predicted molar refractivity (Wildman–Crippen MR) is 75.1 cm³/mol. The van der Waals surface area contributed by atoms with Crippen LogP contribution in [0.2, 0.25) is 10.0 Å². The fraction of sp³-hybridized carbons (Fsp3) is 0.462. The lowest BCUT2D eigenvalue weighted by atomic mass is 9.96. The maximum atomic E-state index is 12.1. The van der Waals surface area contributed by atoms with Gasteiger partial charge in [-0.3, -0.25) is 4.79 Å². The molecule has 1 aliphatic carbocycles. The second kappa shape index (κ2) is 4.72. The fourth-order valence-electron chi connectivity index (χ4n) is 1.87. The first-order valence-corrected chi connectivity index (χ1v) is 6.64. The maximum absolute atomic E-state index is 12.1. The van der Waals surface area contributed by atoms with Crippen LogP contribution < -0.4 is 11.1 Å². The normalized spacial score (nSPS) is 18.3. The highest BCUT2D eigenvalue weighted by molar-refractivity contribution is 6.36. The molecule has 0 saturated heterocycles. The maximum Gasteiger partial charge on any atom is 0.244 e. The Morgan fingerprint density at radius 1 is 1.39 bits per heavy atom. The zero-order valence-corrected chi connectivity index (χ0v) is 11.9. The molecule has 0 heterocycles. The lowest BCUT2D eigenvalue weighted by molar-refractivity contribution is -0.121. The molecule has 2 rings (SSSR count). The number of hydrogen-bond donors (Lipinski definition) is 2. The van der Waals surface area contributed by atoms with Crippen LogP contribution in [0.25, 0.3) is 0 Å². The number of halogens is 2. The van der Waals surface area contributed by atoms with E-state index in [4.69, 9.17) is 28.9 Å². The second-order valence-corrected chi connectivity index (χ2v) is 5.91. The molecule has 1 atom stereocenters. The molecule has 1 aliphatic rings. The van der Waals surface area contributed by atoms with E-state index >= 15 is 0 Å². The lowest BCUT2D eigenvalue weighted by Gasteiger charge is -2.23. The van der Waals surface area contributed by atoms with Crippen LogP contribution in [0, 0.1) is 12.8 Å². The zero-order valence-electron chi connectivity index (χ0n) is 10.4. The van der Waals surface area contributed by atoms with Crippen molar-refractivity contribution in [3.8, 4) is 0 Å². The standard InChI is InChI=1S/C13H16Cl2N2O/c1-7-5-10(15)11(6-9(7)14)17-12(18)13(2,16)8-3-4-8/h5-6,8H,3-4,16H2,1-2H3,(H,17,18). The Morgan fingerprint density at radius 2 is 2.00 bits per heavy atom. The van der Waals surface area contributed by atoms with Crippen LogP contribution in [0.4, 0.5) is 5.69 Å². The Bertz CT molecular complexity index is 496. The number of rotatable bonds is 3. The minimum Gasteiger partial charge on any atom is -0.323 e. The molecule has 0 aromatic heterocycles. The van der Waals surface area contributed by atoms with Crippen molar-refractivity contribution in [3.05, 3.63) is 27.7 Å². The first kappa shape index (κ1) is 13.7. The summed E-state index contributed by atoms with van der Waals surface area (Å²) in [5.74, 6) is 0.0454. The van der Waals surface area contributed by atoms with Gasteiger partial charge in [-0.1, -0.05) is 23.2 Å². The summed E-state index contributed by atoms with van der Waals surface area (Å²) in [7, 11) is 0. The van der Waals surface area contributed by atoms with Gasteiger partial charge in [-0.25, -0.2) is 0 Å². The molecule has 3 N–H and O–H groups in total. The van der Waals surface area contributed by atoms with Crippen LogP contribution in [0.5, 0.6) is 0 Å². The van der Waals surface area contributed by atoms with Crippen LogP contribution in [-0.2, 0) is 4.79 Å². The molecular formula is C13H16Cl2N2O. The Kier molecular flexibility index (Phi) is 3.58. The van der Waals surface area contributed by atoms with E-state index in [9.17, 15) is 4.79 Å². The van der Waals surface area contributed by atoms with Crippen LogP contribution in [-0.4, -0.2) is 11.4 Å². The Balaban J connectivity index is 2.19. The van der Waals surface area contributed by atoms with Gasteiger partial charge in [0, 0.05) is 5.02 Å². The molecule has 1 amide bonds. The first-order valence-electron chi connectivity index (χ1n) is 5.88. The lowest BCUT2D eigenvalue weighted by Crippen LogP contribution is -2.50. The van der Waals surface area contributed by atoms with E-state index in [0.717, 1.165) is 18.4 Å². The van der Waals surface area contributed by atoms with Crippen molar-refractivity contribution in [1.29, 1.82) is 0 Å². The van der Waals surface area contributed by atoms with Crippen LogP contribution in [0.1, 0.15) is 25.3 Å². The molecule has 0 bridgehead atoms. The summed E-state index contributed by atoms with van der Waals surface area (Å²) in [6, 6.07) is 3.38. The number of aryl methyl sites for hydroxylation is 1. The molecule has 0 radical (unpaired) electrons. The number of anilines is 1. The van der Waals surface area contributed by atoms with E-state index in [1.807, 2.05) is 6.92 Å². The summed E-state index contributed by atoms with van der Waals surface area (Å²) in [6.07, 6.45) is 2.01. The number of carbonyl (C=O) groups excluding carboxylic acids is 1. The predicted octanol–water partition coefficient (Wildman–Crippen LogP) is 3.37. The zero-order chi connectivity index (χ0) is 13.5. The quantitative estimate of drug-likeness (QED) is 0.895. The molecule has 1 unspecified atom stereocenters. The van der Waals surface area contributed by atoms with Gasteiger partial charge in [-0.05, 0) is 50.3 Å². The number of hydrogen-bond acceptors (Lipinski definition) is 2. The van der Waals surface area contributed by atoms with Crippen molar-refractivity contribution in [2.45, 2.75) is 32.2 Å². The molecule has 1 aromatic carbocycles. The SMILES string of the molecule is Cc1cc(Cl)c(NC(=O)C(C)(N)C2CC2)cc1Cl. The molecule has 98 valence electrons. The Morgan fingerprint density at radius 3 is 2.56 bits per heavy atom. The molecule has 0 spiro atoms. The van der Waals surface area contributed by atoms with Gasteiger partial charge in [0.2, 0.25) is 5.91 Å². The summed E-state index contributed by atoms with van der Waals surface area (Å²) >= 11 is 12.1. The Hall–Kier alpha value is -0.770. The van der Waals surface area contributed by atoms with Crippen molar-refractivity contribution in [3.63, 3.8) is 0 Å². The number of nitrogens with two attached hydrogens (primary N) is 1. The fourth-order valence-corrected chi connectivity index (χ4v) is 2.30. The van der Waals surface area contributed by atoms with E-state index in [2.05, 4.69) is 5.32 Å². The molecule has 1 fully saturated rings. The van der Waals surface area contributed by atoms with E-state index in [1.54, 1.807) is 19.1 Å². The molecule has 3 nitrogen and oxygen atoms in total. The summed E-state index contributed by atoms with van der Waals surface area (Å²) in [4.78, 5) is 12.1. The third kappa shape index (κ3) is 2.63. The van der Waals surface area contributed by atoms with Crippen molar-refractivity contribution >= 4 is 34.8 Å². The van der Waals surface area contributed by atoms with Crippen LogP contribution in [0.15, 0.2) is 12.1 Å². The molecule has 5 heteroatoms. The minimum atomic E-state index is -0.847. The van der Waals surface area contributed by atoms with Gasteiger partial charge in [0.15, 0.2) is 0 Å². The third-order valence-electron chi connectivity index (χ3n) is 3.41. The topological polar surface area (TPSA) is 55.1 Å².